The van der Waals surface area contributed by atoms with Gasteiger partial charge in [-0.3, -0.25) is 4.79 Å². The van der Waals surface area contributed by atoms with Gasteiger partial charge in [0, 0.05) is 0 Å². The molecule has 5 nitrogen and oxygen atoms in total. The van der Waals surface area contributed by atoms with E-state index in [0.29, 0.717) is 10.8 Å². The van der Waals surface area contributed by atoms with Gasteiger partial charge in [0.1, 0.15) is 11.3 Å². The molecule has 36 heavy (non-hydrogen) atoms. The summed E-state index contributed by atoms with van der Waals surface area (Å²) in [5.41, 5.74) is 6.54. The molecule has 200 valence electrons. The van der Waals surface area contributed by atoms with Crippen molar-refractivity contribution in [1.29, 1.82) is 0 Å². The fourth-order valence-corrected chi connectivity index (χ4v) is 4.99. The van der Waals surface area contributed by atoms with Gasteiger partial charge in [0.05, 0.1) is 12.7 Å². The molecule has 0 aliphatic carbocycles. The number of esters is 1. The Labute approximate surface area is 217 Å². The van der Waals surface area contributed by atoms with Gasteiger partial charge < -0.3 is 15.6 Å². The number of methoxy groups -OCH3 is 1. The molecule has 0 atom stereocenters. The minimum Gasteiger partial charge on any atom is -0.506 e. The standard InChI is InChI=1S/C31H47NO4/c1-3-4-5-6-7-8-9-10-11-12-13-14-15-16-17-18-19-24-20-21-26-25(22-24)23-27(31(35)36-2)29(33)28(26)30(32)34/h20-23,33H,3-19H2,1-2H3,(H2,32,34). The van der Waals surface area contributed by atoms with Crippen molar-refractivity contribution in [2.45, 2.75) is 116 Å². The molecule has 0 saturated carbocycles. The predicted molar refractivity (Wildman–Crippen MR) is 149 cm³/mol. The maximum Gasteiger partial charge on any atom is 0.341 e. The van der Waals surface area contributed by atoms with Crippen molar-refractivity contribution in [3.05, 3.63) is 41.0 Å². The summed E-state index contributed by atoms with van der Waals surface area (Å²) in [6.45, 7) is 2.27. The lowest BCUT2D eigenvalue weighted by Crippen LogP contribution is -2.14. The summed E-state index contributed by atoms with van der Waals surface area (Å²) < 4.78 is 4.74. The molecule has 0 heterocycles. The number of nitrogens with two attached hydrogens (primary N) is 1. The summed E-state index contributed by atoms with van der Waals surface area (Å²) in [6, 6.07) is 7.31. The van der Waals surface area contributed by atoms with Gasteiger partial charge in [-0.2, -0.15) is 0 Å². The van der Waals surface area contributed by atoms with Crippen molar-refractivity contribution in [3.8, 4) is 5.75 Å². The van der Waals surface area contributed by atoms with E-state index in [2.05, 4.69) is 6.92 Å². The van der Waals surface area contributed by atoms with Gasteiger partial charge in [0.15, 0.2) is 0 Å². The molecule has 0 spiro atoms. The molecule has 0 aliphatic rings. The van der Waals surface area contributed by atoms with Crippen LogP contribution in [-0.2, 0) is 11.2 Å². The first-order valence-electron chi connectivity index (χ1n) is 14.2. The normalized spacial score (nSPS) is 11.2. The Hall–Kier alpha value is -2.56. The van der Waals surface area contributed by atoms with E-state index in [1.54, 1.807) is 12.1 Å². The first kappa shape index (κ1) is 29.7. The molecule has 0 aromatic heterocycles. The number of benzene rings is 2. The zero-order valence-electron chi connectivity index (χ0n) is 22.6. The average molecular weight is 498 g/mol. The van der Waals surface area contributed by atoms with Crippen molar-refractivity contribution < 1.29 is 19.4 Å². The van der Waals surface area contributed by atoms with E-state index in [-0.39, 0.29) is 11.1 Å². The van der Waals surface area contributed by atoms with Crippen LogP contribution in [0, 0.1) is 0 Å². The second-order valence-corrected chi connectivity index (χ2v) is 10.1. The molecule has 2 aromatic carbocycles. The monoisotopic (exact) mass is 497 g/mol. The Balaban J connectivity index is 1.65. The van der Waals surface area contributed by atoms with Crippen molar-refractivity contribution in [2.24, 2.45) is 5.73 Å². The predicted octanol–water partition coefficient (Wildman–Crippen LogP) is 8.23. The van der Waals surface area contributed by atoms with Crippen LogP contribution in [0.5, 0.6) is 5.75 Å². The van der Waals surface area contributed by atoms with Gasteiger partial charge in [0.2, 0.25) is 0 Å². The minimum absolute atomic E-state index is 0.0399. The number of primary amides is 1. The number of amides is 1. The number of hydrogen-bond acceptors (Lipinski definition) is 4. The van der Waals surface area contributed by atoms with E-state index < -0.39 is 17.6 Å². The summed E-state index contributed by atoms with van der Waals surface area (Å²) in [4.78, 5) is 24.0. The first-order valence-corrected chi connectivity index (χ1v) is 14.2. The van der Waals surface area contributed by atoms with Gasteiger partial charge in [0.25, 0.3) is 5.91 Å². The number of carbonyl (C=O) groups excluding carboxylic acids is 2. The average Bonchev–Trinajstić information content (AvgIpc) is 2.87. The lowest BCUT2D eigenvalue weighted by Gasteiger charge is -2.12. The van der Waals surface area contributed by atoms with Gasteiger partial charge in [-0.05, 0) is 35.2 Å². The summed E-state index contributed by atoms with van der Waals surface area (Å²) in [7, 11) is 1.24. The number of rotatable bonds is 19. The van der Waals surface area contributed by atoms with Crippen LogP contribution >= 0.6 is 0 Å². The van der Waals surface area contributed by atoms with Crippen LogP contribution in [0.25, 0.3) is 10.8 Å². The molecular weight excluding hydrogens is 450 g/mol. The third-order valence-corrected chi connectivity index (χ3v) is 7.15. The molecule has 0 unspecified atom stereocenters. The van der Waals surface area contributed by atoms with Gasteiger partial charge in [-0.15, -0.1) is 0 Å². The quantitative estimate of drug-likeness (QED) is 0.151. The number of ether oxygens (including phenoxy) is 1. The van der Waals surface area contributed by atoms with Crippen LogP contribution in [0.4, 0.5) is 0 Å². The summed E-state index contributed by atoms with van der Waals surface area (Å²) in [5.74, 6) is -1.89. The molecule has 0 bridgehead atoms. The SMILES string of the molecule is CCCCCCCCCCCCCCCCCCc1ccc2c(C(N)=O)c(O)c(C(=O)OC)cc2c1. The molecule has 0 aliphatic heterocycles. The van der Waals surface area contributed by atoms with E-state index in [1.165, 1.54) is 103 Å². The number of hydrogen-bond donors (Lipinski definition) is 2. The highest BCUT2D eigenvalue weighted by atomic mass is 16.5. The van der Waals surface area contributed by atoms with Gasteiger partial charge >= 0.3 is 5.97 Å². The number of phenols is 1. The molecule has 0 fully saturated rings. The van der Waals surface area contributed by atoms with Crippen molar-refractivity contribution in [3.63, 3.8) is 0 Å². The van der Waals surface area contributed by atoms with Crippen LogP contribution in [-0.4, -0.2) is 24.1 Å². The Morgan fingerprint density at radius 2 is 1.28 bits per heavy atom. The lowest BCUT2D eigenvalue weighted by atomic mass is 9.95. The number of carbonyl (C=O) groups is 2. The lowest BCUT2D eigenvalue weighted by molar-refractivity contribution is 0.0597. The second-order valence-electron chi connectivity index (χ2n) is 10.1. The second kappa shape index (κ2) is 17.0. The highest BCUT2D eigenvalue weighted by Gasteiger charge is 2.21. The summed E-state index contributed by atoms with van der Waals surface area (Å²) >= 11 is 0. The minimum atomic E-state index is -0.770. The van der Waals surface area contributed by atoms with E-state index in [4.69, 9.17) is 10.5 Å². The Morgan fingerprint density at radius 3 is 1.75 bits per heavy atom. The third kappa shape index (κ3) is 9.83. The third-order valence-electron chi connectivity index (χ3n) is 7.15. The molecule has 0 radical (unpaired) electrons. The molecule has 2 aromatic rings. The maximum absolute atomic E-state index is 12.0. The van der Waals surface area contributed by atoms with E-state index in [1.807, 2.05) is 12.1 Å². The van der Waals surface area contributed by atoms with E-state index in [9.17, 15) is 14.7 Å². The Kier molecular flexibility index (Phi) is 14.0. The van der Waals surface area contributed by atoms with Crippen molar-refractivity contribution >= 4 is 22.6 Å². The molecular formula is C31H47NO4. The maximum atomic E-state index is 12.0. The van der Waals surface area contributed by atoms with E-state index in [0.717, 1.165) is 18.4 Å². The largest absolute Gasteiger partial charge is 0.506 e. The first-order chi connectivity index (χ1) is 17.5. The van der Waals surface area contributed by atoms with Crippen LogP contribution in [0.2, 0.25) is 0 Å². The number of unbranched alkanes of at least 4 members (excludes halogenated alkanes) is 15. The van der Waals surface area contributed by atoms with Gasteiger partial charge in [-0.25, -0.2) is 4.79 Å². The van der Waals surface area contributed by atoms with Crippen LogP contribution in [0.3, 0.4) is 0 Å². The van der Waals surface area contributed by atoms with Crippen LogP contribution in [0.15, 0.2) is 24.3 Å². The zero-order chi connectivity index (χ0) is 26.2. The molecule has 2 rings (SSSR count). The fraction of sp³-hybridized carbons (Fsp3) is 0.613. The van der Waals surface area contributed by atoms with Crippen molar-refractivity contribution in [1.82, 2.24) is 0 Å². The molecule has 3 N–H and O–H groups in total. The highest BCUT2D eigenvalue weighted by Crippen LogP contribution is 2.32. The van der Waals surface area contributed by atoms with Crippen molar-refractivity contribution in [2.75, 3.05) is 7.11 Å². The number of fused-ring (bicyclic) bond motifs is 1. The molecule has 5 heteroatoms. The number of aromatic hydroxyl groups is 1. The zero-order valence-corrected chi connectivity index (χ0v) is 22.6. The summed E-state index contributed by atoms with van der Waals surface area (Å²) in [6.07, 6.45) is 22.5. The van der Waals surface area contributed by atoms with Crippen LogP contribution < -0.4 is 5.73 Å². The Bertz CT molecular complexity index is 953. The van der Waals surface area contributed by atoms with Crippen LogP contribution in [0.1, 0.15) is 136 Å². The smallest absolute Gasteiger partial charge is 0.341 e. The molecule has 1 amide bonds. The summed E-state index contributed by atoms with van der Waals surface area (Å²) in [5, 5.41) is 11.6. The highest BCUT2D eigenvalue weighted by molar-refractivity contribution is 6.12. The van der Waals surface area contributed by atoms with E-state index >= 15 is 0 Å². The molecule has 0 saturated heterocycles. The number of aryl methyl sites for hydroxylation is 1. The topological polar surface area (TPSA) is 89.6 Å². The Morgan fingerprint density at radius 1 is 0.778 bits per heavy atom. The van der Waals surface area contributed by atoms with Gasteiger partial charge in [-0.1, -0.05) is 121 Å². The fourth-order valence-electron chi connectivity index (χ4n) is 4.99.